The van der Waals surface area contributed by atoms with Gasteiger partial charge in [-0.05, 0) is 30.3 Å². The molecule has 162 valence electrons. The Labute approximate surface area is 190 Å². The Hall–Kier alpha value is -2.46. The van der Waals surface area contributed by atoms with Crippen molar-refractivity contribution in [2.45, 2.75) is 11.4 Å². The number of nitrogens with one attached hydrogen (secondary N) is 1. The van der Waals surface area contributed by atoms with Gasteiger partial charge in [-0.25, -0.2) is 13.4 Å². The molecular weight excluding hydrogens is 456 g/mol. The van der Waals surface area contributed by atoms with Gasteiger partial charge in [-0.1, -0.05) is 35.9 Å². The van der Waals surface area contributed by atoms with Crippen LogP contribution in [-0.4, -0.2) is 54.7 Å². The average Bonchev–Trinajstić information content (AvgIpc) is 3.23. The Morgan fingerprint density at radius 1 is 1.06 bits per heavy atom. The molecule has 7 nitrogen and oxygen atoms in total. The third kappa shape index (κ3) is 5.07. The largest absolute Gasteiger partial charge is 0.380 e. The number of aromatic nitrogens is 1. The molecule has 10 heteroatoms. The van der Waals surface area contributed by atoms with Crippen molar-refractivity contribution < 1.29 is 13.2 Å². The third-order valence-corrected chi connectivity index (χ3v) is 8.02. The first-order valence-electron chi connectivity index (χ1n) is 9.72. The summed E-state index contributed by atoms with van der Waals surface area (Å²) in [5, 5.41) is 3.21. The summed E-state index contributed by atoms with van der Waals surface area (Å²) < 4.78 is 28.2. The summed E-state index contributed by atoms with van der Waals surface area (Å²) in [5.41, 5.74) is 1.31. The van der Waals surface area contributed by atoms with Crippen LogP contribution in [0.3, 0.4) is 0 Å². The van der Waals surface area contributed by atoms with Gasteiger partial charge in [-0.15, -0.1) is 11.3 Å². The Bertz CT molecular complexity index is 1160. The lowest BCUT2D eigenvalue weighted by Crippen LogP contribution is -2.50. The normalized spacial score (nSPS) is 15.1. The summed E-state index contributed by atoms with van der Waals surface area (Å²) >= 11 is 7.22. The molecule has 2 aromatic carbocycles. The van der Waals surface area contributed by atoms with Gasteiger partial charge in [-0.2, -0.15) is 4.31 Å². The van der Waals surface area contributed by atoms with E-state index in [4.69, 9.17) is 11.6 Å². The van der Waals surface area contributed by atoms with E-state index >= 15 is 0 Å². The number of hydrogen-bond donors (Lipinski definition) is 1. The second kappa shape index (κ2) is 9.35. The Morgan fingerprint density at radius 2 is 1.81 bits per heavy atom. The first kappa shape index (κ1) is 21.8. The molecule has 0 spiro atoms. The first-order valence-corrected chi connectivity index (χ1v) is 12.4. The van der Waals surface area contributed by atoms with Crippen LogP contribution in [0.15, 0.2) is 65.7 Å². The van der Waals surface area contributed by atoms with Crippen LogP contribution in [0.5, 0.6) is 0 Å². The second-order valence-electron chi connectivity index (χ2n) is 7.02. The van der Waals surface area contributed by atoms with E-state index in [0.717, 1.165) is 4.88 Å². The average molecular weight is 477 g/mol. The lowest BCUT2D eigenvalue weighted by Gasteiger charge is -2.34. The molecule has 3 aromatic rings. The Morgan fingerprint density at radius 3 is 2.48 bits per heavy atom. The van der Waals surface area contributed by atoms with Gasteiger partial charge >= 0.3 is 0 Å². The summed E-state index contributed by atoms with van der Waals surface area (Å²) in [4.78, 5) is 19.5. The van der Waals surface area contributed by atoms with Crippen molar-refractivity contribution in [3.63, 3.8) is 0 Å². The zero-order valence-corrected chi connectivity index (χ0v) is 19.0. The molecule has 1 aliphatic heterocycles. The van der Waals surface area contributed by atoms with E-state index in [0.29, 0.717) is 35.4 Å². The molecule has 1 N–H and O–H groups in total. The molecule has 1 amide bonds. The fourth-order valence-corrected chi connectivity index (χ4v) is 5.75. The van der Waals surface area contributed by atoms with Crippen LogP contribution >= 0.6 is 22.9 Å². The van der Waals surface area contributed by atoms with Crippen LogP contribution in [0.25, 0.3) is 0 Å². The third-order valence-electron chi connectivity index (χ3n) is 5.01. The van der Waals surface area contributed by atoms with Gasteiger partial charge in [0.2, 0.25) is 10.0 Å². The quantitative estimate of drug-likeness (QED) is 0.588. The zero-order valence-electron chi connectivity index (χ0n) is 16.6. The highest BCUT2D eigenvalue weighted by Crippen LogP contribution is 2.23. The SMILES string of the molecule is O=C(c1ccccc1)N1CCN(S(=O)(=O)c2cccc(NCc3cnc(Cl)s3)c2)CC1. The van der Waals surface area contributed by atoms with Crippen molar-refractivity contribution in [1.82, 2.24) is 14.2 Å². The molecule has 0 atom stereocenters. The molecule has 0 bridgehead atoms. The van der Waals surface area contributed by atoms with Gasteiger partial charge in [0.1, 0.15) is 0 Å². The number of halogens is 1. The van der Waals surface area contributed by atoms with Gasteiger partial charge in [-0.3, -0.25) is 4.79 Å². The van der Waals surface area contributed by atoms with Crippen molar-refractivity contribution in [2.75, 3.05) is 31.5 Å². The number of carbonyl (C=O) groups excluding carboxylic acids is 1. The summed E-state index contributed by atoms with van der Waals surface area (Å²) in [5.74, 6) is -0.0768. The molecular formula is C21H21ClN4O3S2. The summed E-state index contributed by atoms with van der Waals surface area (Å²) in [7, 11) is -3.65. The van der Waals surface area contributed by atoms with E-state index in [1.54, 1.807) is 41.4 Å². The van der Waals surface area contributed by atoms with E-state index in [-0.39, 0.29) is 23.9 Å². The summed E-state index contributed by atoms with van der Waals surface area (Å²) in [6.07, 6.45) is 1.69. The Balaban J connectivity index is 1.40. The highest BCUT2D eigenvalue weighted by atomic mass is 35.5. The van der Waals surface area contributed by atoms with Crippen LogP contribution in [0, 0.1) is 0 Å². The monoisotopic (exact) mass is 476 g/mol. The van der Waals surface area contributed by atoms with E-state index < -0.39 is 10.0 Å². The highest BCUT2D eigenvalue weighted by molar-refractivity contribution is 7.89. The molecule has 0 aliphatic carbocycles. The van der Waals surface area contributed by atoms with E-state index in [1.165, 1.54) is 15.6 Å². The number of benzene rings is 2. The predicted octanol–water partition coefficient (Wildman–Crippen LogP) is 3.56. The molecule has 1 fully saturated rings. The lowest BCUT2D eigenvalue weighted by molar-refractivity contribution is 0.0698. The molecule has 2 heterocycles. The maximum Gasteiger partial charge on any atom is 0.253 e. The number of carbonyl (C=O) groups is 1. The highest BCUT2D eigenvalue weighted by Gasteiger charge is 2.30. The number of sulfonamides is 1. The standard InChI is InChI=1S/C21H21ClN4O3S2/c22-21-24-15-18(30-21)14-23-17-7-4-8-19(13-17)31(28,29)26-11-9-25(10-12-26)20(27)16-5-2-1-3-6-16/h1-8,13,15,23H,9-12,14H2. The van der Waals surface area contributed by atoms with Crippen molar-refractivity contribution in [3.8, 4) is 0 Å². The first-order chi connectivity index (χ1) is 14.9. The molecule has 1 saturated heterocycles. The number of amides is 1. The number of rotatable bonds is 6. The number of thiazole rings is 1. The van der Waals surface area contributed by atoms with Crippen LogP contribution in [0.4, 0.5) is 5.69 Å². The zero-order chi connectivity index (χ0) is 21.8. The predicted molar refractivity (Wildman–Crippen MR) is 122 cm³/mol. The molecule has 0 radical (unpaired) electrons. The molecule has 0 saturated carbocycles. The van der Waals surface area contributed by atoms with Crippen molar-refractivity contribution in [2.24, 2.45) is 0 Å². The summed E-state index contributed by atoms with van der Waals surface area (Å²) in [6.45, 7) is 1.75. The van der Waals surface area contributed by atoms with Crippen LogP contribution in [0.2, 0.25) is 4.47 Å². The number of piperazine rings is 1. The fraction of sp³-hybridized carbons (Fsp3) is 0.238. The van der Waals surface area contributed by atoms with Crippen molar-refractivity contribution in [3.05, 3.63) is 75.7 Å². The fourth-order valence-electron chi connectivity index (χ4n) is 3.36. The van der Waals surface area contributed by atoms with Gasteiger partial charge in [0.15, 0.2) is 4.47 Å². The minimum atomic E-state index is -3.65. The maximum absolute atomic E-state index is 13.1. The minimum Gasteiger partial charge on any atom is -0.380 e. The van der Waals surface area contributed by atoms with E-state index in [2.05, 4.69) is 10.3 Å². The van der Waals surface area contributed by atoms with Gasteiger partial charge in [0, 0.05) is 48.5 Å². The van der Waals surface area contributed by atoms with Crippen LogP contribution in [0.1, 0.15) is 15.2 Å². The molecule has 4 rings (SSSR count). The maximum atomic E-state index is 13.1. The van der Waals surface area contributed by atoms with E-state index in [9.17, 15) is 13.2 Å². The smallest absolute Gasteiger partial charge is 0.253 e. The number of nitrogens with zero attached hydrogens (tertiary/aromatic N) is 3. The second-order valence-corrected chi connectivity index (χ2v) is 10.7. The number of hydrogen-bond acceptors (Lipinski definition) is 6. The van der Waals surface area contributed by atoms with Crippen molar-refractivity contribution >= 4 is 44.6 Å². The molecule has 1 aromatic heterocycles. The van der Waals surface area contributed by atoms with Gasteiger partial charge in [0.25, 0.3) is 5.91 Å². The lowest BCUT2D eigenvalue weighted by atomic mass is 10.2. The van der Waals surface area contributed by atoms with E-state index in [1.807, 2.05) is 24.3 Å². The topological polar surface area (TPSA) is 82.6 Å². The van der Waals surface area contributed by atoms with Crippen LogP contribution in [-0.2, 0) is 16.6 Å². The molecule has 0 unspecified atom stereocenters. The van der Waals surface area contributed by atoms with Gasteiger partial charge in [0.05, 0.1) is 11.4 Å². The Kier molecular flexibility index (Phi) is 6.57. The van der Waals surface area contributed by atoms with Crippen molar-refractivity contribution in [1.29, 1.82) is 0 Å². The summed E-state index contributed by atoms with van der Waals surface area (Å²) in [6, 6.07) is 15.8. The van der Waals surface area contributed by atoms with Gasteiger partial charge < -0.3 is 10.2 Å². The molecule has 1 aliphatic rings. The number of anilines is 1. The minimum absolute atomic E-state index is 0.0768. The molecule has 31 heavy (non-hydrogen) atoms. The van der Waals surface area contributed by atoms with Crippen LogP contribution < -0.4 is 5.32 Å².